The summed E-state index contributed by atoms with van der Waals surface area (Å²) in [5.74, 6) is -2.29. The fourth-order valence-corrected chi connectivity index (χ4v) is 3.25. The Bertz CT molecular complexity index is 645. The highest BCUT2D eigenvalue weighted by Gasteiger charge is 2.42. The van der Waals surface area contributed by atoms with Crippen LogP contribution in [0.2, 0.25) is 0 Å². The number of ketones is 2. The highest BCUT2D eigenvalue weighted by Crippen LogP contribution is 2.31. The molecular formula is C22H34O6. The minimum absolute atomic E-state index is 0.248. The van der Waals surface area contributed by atoms with Gasteiger partial charge in [-0.15, -0.1) is 0 Å². The Hall–Kier alpha value is -1.79. The van der Waals surface area contributed by atoms with Gasteiger partial charge in [-0.2, -0.15) is 0 Å². The lowest BCUT2D eigenvalue weighted by Crippen LogP contribution is -2.45. The van der Waals surface area contributed by atoms with Gasteiger partial charge in [-0.3, -0.25) is 14.4 Å². The molecule has 0 spiro atoms. The quantitative estimate of drug-likeness (QED) is 0.524. The van der Waals surface area contributed by atoms with Crippen molar-refractivity contribution in [2.45, 2.75) is 79.1 Å². The van der Waals surface area contributed by atoms with Crippen molar-refractivity contribution in [2.24, 2.45) is 17.3 Å². The summed E-state index contributed by atoms with van der Waals surface area (Å²) in [6.07, 6.45) is 3.02. The zero-order chi connectivity index (χ0) is 21.6. The Morgan fingerprint density at radius 2 is 1.82 bits per heavy atom. The summed E-state index contributed by atoms with van der Waals surface area (Å²) in [7, 11) is 0. The van der Waals surface area contributed by atoms with E-state index in [1.54, 1.807) is 20.8 Å². The van der Waals surface area contributed by atoms with Crippen molar-refractivity contribution in [3.05, 3.63) is 23.8 Å². The van der Waals surface area contributed by atoms with Gasteiger partial charge in [0.25, 0.3) is 0 Å². The van der Waals surface area contributed by atoms with Gasteiger partial charge in [-0.25, -0.2) is 0 Å². The van der Waals surface area contributed by atoms with Crippen molar-refractivity contribution in [2.75, 3.05) is 0 Å². The summed E-state index contributed by atoms with van der Waals surface area (Å²) in [6, 6.07) is 0. The molecule has 0 radical (unpaired) electrons. The molecule has 0 amide bonds. The van der Waals surface area contributed by atoms with Crippen LogP contribution in [-0.4, -0.2) is 46.1 Å². The van der Waals surface area contributed by atoms with Crippen LogP contribution >= 0.6 is 0 Å². The number of hydrogen-bond acceptors (Lipinski definition) is 6. The zero-order valence-electron chi connectivity index (χ0n) is 17.8. The second-order valence-corrected chi connectivity index (χ2v) is 8.45. The maximum Gasteiger partial charge on any atom is 0.309 e. The van der Waals surface area contributed by atoms with Crippen LogP contribution in [0.15, 0.2) is 23.8 Å². The van der Waals surface area contributed by atoms with E-state index in [4.69, 9.17) is 4.74 Å². The van der Waals surface area contributed by atoms with Gasteiger partial charge in [0.05, 0.1) is 24.0 Å². The number of aliphatic hydroxyl groups excluding tert-OH is 2. The van der Waals surface area contributed by atoms with Crippen LogP contribution in [0.3, 0.4) is 0 Å². The molecule has 0 saturated carbocycles. The number of carbonyl (C=O) groups is 3. The van der Waals surface area contributed by atoms with Crippen LogP contribution in [0.1, 0.15) is 60.8 Å². The second kappa shape index (κ2) is 10.1. The smallest absolute Gasteiger partial charge is 0.309 e. The highest BCUT2D eigenvalue weighted by molar-refractivity contribution is 5.88. The number of carbonyl (C=O) groups excluding carboxylic acids is 3. The van der Waals surface area contributed by atoms with Crippen LogP contribution in [0.5, 0.6) is 0 Å². The lowest BCUT2D eigenvalue weighted by Gasteiger charge is -2.34. The topological polar surface area (TPSA) is 101 Å². The van der Waals surface area contributed by atoms with Crippen molar-refractivity contribution in [3.63, 3.8) is 0 Å². The van der Waals surface area contributed by atoms with Gasteiger partial charge in [0.1, 0.15) is 5.78 Å². The first-order chi connectivity index (χ1) is 12.9. The van der Waals surface area contributed by atoms with Gasteiger partial charge >= 0.3 is 5.97 Å². The molecule has 28 heavy (non-hydrogen) atoms. The molecule has 2 N–H and O–H groups in total. The van der Waals surface area contributed by atoms with Gasteiger partial charge in [-0.1, -0.05) is 51.5 Å². The number of allylic oxidation sites excluding steroid dienone is 2. The maximum absolute atomic E-state index is 12.9. The summed E-state index contributed by atoms with van der Waals surface area (Å²) in [4.78, 5) is 37.0. The van der Waals surface area contributed by atoms with Crippen LogP contribution in [0, 0.1) is 17.3 Å². The first-order valence-corrected chi connectivity index (χ1v) is 9.80. The van der Waals surface area contributed by atoms with Crippen LogP contribution in [-0.2, 0) is 19.1 Å². The molecule has 0 unspecified atom stereocenters. The van der Waals surface area contributed by atoms with Crippen molar-refractivity contribution in [3.8, 4) is 0 Å². The number of cyclic esters (lactones) is 1. The van der Waals surface area contributed by atoms with Gasteiger partial charge in [0, 0.05) is 18.3 Å². The third-order valence-electron chi connectivity index (χ3n) is 5.58. The molecule has 1 aliphatic rings. The number of hydrogen-bond donors (Lipinski definition) is 2. The summed E-state index contributed by atoms with van der Waals surface area (Å²) in [5.41, 5.74) is -0.250. The Balaban J connectivity index is 3.21. The van der Waals surface area contributed by atoms with E-state index in [1.165, 1.54) is 6.92 Å². The molecular weight excluding hydrogens is 360 g/mol. The third-order valence-corrected chi connectivity index (χ3v) is 5.58. The first kappa shape index (κ1) is 24.2. The molecule has 1 heterocycles. The number of aliphatic hydroxyl groups is 2. The van der Waals surface area contributed by atoms with E-state index in [9.17, 15) is 24.6 Å². The van der Waals surface area contributed by atoms with E-state index in [0.29, 0.717) is 6.42 Å². The minimum atomic E-state index is -1.29. The molecule has 1 rings (SSSR count). The summed E-state index contributed by atoms with van der Waals surface area (Å²) in [5, 5.41) is 21.1. The molecule has 5 atom stereocenters. The van der Waals surface area contributed by atoms with Crippen LogP contribution in [0.25, 0.3) is 0 Å². The van der Waals surface area contributed by atoms with Gasteiger partial charge < -0.3 is 14.9 Å². The SMILES string of the molecule is CC(=O)[C@@H]1CC=C(C)CC=C[C@H](C)[C@H](O)[C@@H](C)C(=O)C(C)(C)[C@@H](O)CC(=O)O1. The van der Waals surface area contributed by atoms with E-state index >= 15 is 0 Å². The highest BCUT2D eigenvalue weighted by atomic mass is 16.5. The van der Waals surface area contributed by atoms with E-state index in [0.717, 1.165) is 5.57 Å². The Kier molecular flexibility index (Phi) is 8.76. The molecule has 0 aromatic rings. The Morgan fingerprint density at radius 3 is 2.39 bits per heavy atom. The number of rotatable bonds is 1. The largest absolute Gasteiger partial charge is 0.454 e. The average molecular weight is 395 g/mol. The molecule has 6 heteroatoms. The normalized spacial score (nSPS) is 33.1. The zero-order valence-corrected chi connectivity index (χ0v) is 17.8. The van der Waals surface area contributed by atoms with E-state index in [-0.39, 0.29) is 23.9 Å². The second-order valence-electron chi connectivity index (χ2n) is 8.45. The molecule has 0 aromatic carbocycles. The van der Waals surface area contributed by atoms with Crippen molar-refractivity contribution >= 4 is 17.5 Å². The predicted octanol–water partition coefficient (Wildman–Crippen LogP) is 2.76. The fraction of sp³-hybridized carbons (Fsp3) is 0.682. The van der Waals surface area contributed by atoms with Gasteiger partial charge in [0.15, 0.2) is 11.9 Å². The fourth-order valence-electron chi connectivity index (χ4n) is 3.25. The molecule has 1 aliphatic heterocycles. The molecule has 6 nitrogen and oxygen atoms in total. The summed E-state index contributed by atoms with van der Waals surface area (Å²) in [6.45, 7) is 9.83. The van der Waals surface area contributed by atoms with Gasteiger partial charge in [-0.05, 0) is 20.3 Å². The van der Waals surface area contributed by atoms with Crippen molar-refractivity contribution < 1.29 is 29.3 Å². The molecule has 0 aliphatic carbocycles. The molecule has 0 aromatic heterocycles. The van der Waals surface area contributed by atoms with Gasteiger partial charge in [0.2, 0.25) is 0 Å². The minimum Gasteiger partial charge on any atom is -0.454 e. The molecule has 0 bridgehead atoms. The summed E-state index contributed by atoms with van der Waals surface area (Å²) >= 11 is 0. The maximum atomic E-state index is 12.9. The Morgan fingerprint density at radius 1 is 1.21 bits per heavy atom. The van der Waals surface area contributed by atoms with E-state index < -0.39 is 42.0 Å². The predicted molar refractivity (Wildman–Crippen MR) is 106 cm³/mol. The molecule has 0 fully saturated rings. The number of ether oxygens (including phenoxy) is 1. The standard InChI is InChI=1S/C22H34O6/c1-13-8-7-9-14(2)20(26)15(3)21(27)22(5,6)18(24)12-19(25)28-17(11-10-13)16(4)23/h7,9-10,14-15,17-18,20,24,26H,8,11-12H2,1-6H3/t14-,15+,17-,18-,20-/m0/s1. The van der Waals surface area contributed by atoms with Crippen molar-refractivity contribution in [1.82, 2.24) is 0 Å². The van der Waals surface area contributed by atoms with Crippen LogP contribution < -0.4 is 0 Å². The first-order valence-electron chi connectivity index (χ1n) is 9.80. The summed E-state index contributed by atoms with van der Waals surface area (Å²) < 4.78 is 5.25. The number of Topliss-reactive ketones (excluding diaryl/α,β-unsaturated/α-hetero) is 2. The third kappa shape index (κ3) is 6.38. The van der Waals surface area contributed by atoms with E-state index in [2.05, 4.69) is 0 Å². The lowest BCUT2D eigenvalue weighted by atomic mass is 9.73. The molecule has 158 valence electrons. The van der Waals surface area contributed by atoms with Crippen molar-refractivity contribution in [1.29, 1.82) is 0 Å². The monoisotopic (exact) mass is 394 g/mol. The number of esters is 1. The molecule has 0 saturated heterocycles. The lowest BCUT2D eigenvalue weighted by molar-refractivity contribution is -0.159. The van der Waals surface area contributed by atoms with Crippen LogP contribution in [0.4, 0.5) is 0 Å². The van der Waals surface area contributed by atoms with E-state index in [1.807, 2.05) is 32.1 Å². The Labute approximate surface area is 167 Å². The average Bonchev–Trinajstić information content (AvgIpc) is 2.61.